The van der Waals surface area contributed by atoms with E-state index in [1.165, 1.54) is 5.56 Å². The summed E-state index contributed by atoms with van der Waals surface area (Å²) in [6, 6.07) is 12.0. The number of pyridine rings is 1. The van der Waals surface area contributed by atoms with E-state index in [1.54, 1.807) is 16.0 Å². The highest BCUT2D eigenvalue weighted by Crippen LogP contribution is 2.30. The van der Waals surface area contributed by atoms with Gasteiger partial charge >= 0.3 is 0 Å². The number of carbonyl (C=O) groups is 1. The molecule has 0 radical (unpaired) electrons. The first-order valence-electron chi connectivity index (χ1n) is 9.80. The van der Waals surface area contributed by atoms with Gasteiger partial charge in [-0.3, -0.25) is 14.7 Å². The van der Waals surface area contributed by atoms with E-state index in [0.29, 0.717) is 10.8 Å². The Bertz CT molecular complexity index is 1190. The maximum Gasteiger partial charge on any atom is 0.281 e. The summed E-state index contributed by atoms with van der Waals surface area (Å²) in [6.07, 6.45) is 5.51. The molecule has 1 fully saturated rings. The second-order valence-electron chi connectivity index (χ2n) is 7.65. The fraction of sp³-hybridized carbons (Fsp3) is 0.208. The zero-order chi connectivity index (χ0) is 21.6. The molecule has 4 rings (SSSR count). The molecule has 3 aromatic rings. The van der Waals surface area contributed by atoms with E-state index in [2.05, 4.69) is 22.5 Å². The van der Waals surface area contributed by atoms with Crippen molar-refractivity contribution in [3.63, 3.8) is 0 Å². The largest absolute Gasteiger partial charge is 0.317 e. The predicted molar refractivity (Wildman–Crippen MR) is 125 cm³/mol. The number of likely N-dealkylation sites (N-methyl/N-ethyl adjacent to an activating group) is 1. The second-order valence-corrected chi connectivity index (χ2v) is 8.02. The van der Waals surface area contributed by atoms with Crippen LogP contribution in [-0.2, 0) is 4.79 Å². The number of aryl methyl sites for hydroxylation is 3. The smallest absolute Gasteiger partial charge is 0.281 e. The molecular weight excluding hydrogens is 392 g/mol. The zero-order valence-corrected chi connectivity index (χ0v) is 18.6. The fourth-order valence-corrected chi connectivity index (χ4v) is 4.10. The lowest BCUT2D eigenvalue weighted by Crippen LogP contribution is -2.31. The lowest BCUT2D eigenvalue weighted by atomic mass is 10.1. The molecule has 1 aliphatic heterocycles. The van der Waals surface area contributed by atoms with Gasteiger partial charge < -0.3 is 9.47 Å². The molecule has 0 bridgehead atoms. The Balaban J connectivity index is 1.75. The predicted octanol–water partition coefficient (Wildman–Crippen LogP) is 4.71. The lowest BCUT2D eigenvalue weighted by molar-refractivity contribution is -0.114. The van der Waals surface area contributed by atoms with Gasteiger partial charge in [0.05, 0.1) is 17.6 Å². The average Bonchev–Trinajstić information content (AvgIpc) is 3.12. The van der Waals surface area contributed by atoms with Crippen LogP contribution in [0.3, 0.4) is 0 Å². The topological polar surface area (TPSA) is 41.4 Å². The molecule has 30 heavy (non-hydrogen) atoms. The first kappa shape index (κ1) is 20.0. The summed E-state index contributed by atoms with van der Waals surface area (Å²) in [4.78, 5) is 20.9. The van der Waals surface area contributed by atoms with Crippen LogP contribution < -0.4 is 4.90 Å². The van der Waals surface area contributed by atoms with Crippen molar-refractivity contribution in [1.29, 1.82) is 0 Å². The molecule has 5 nitrogen and oxygen atoms in total. The summed E-state index contributed by atoms with van der Waals surface area (Å²) in [7, 11) is 1.84. The van der Waals surface area contributed by atoms with Crippen LogP contribution in [0.1, 0.15) is 28.1 Å². The molecular formula is C24H24N4OS. The minimum absolute atomic E-state index is 0.114. The molecule has 0 N–H and O–H groups in total. The molecule has 0 unspecified atom stereocenters. The normalized spacial score (nSPS) is 15.6. The van der Waals surface area contributed by atoms with Crippen LogP contribution >= 0.6 is 12.2 Å². The van der Waals surface area contributed by atoms with E-state index in [4.69, 9.17) is 12.2 Å². The summed E-state index contributed by atoms with van der Waals surface area (Å²) in [5.74, 6) is -0.114. The highest BCUT2D eigenvalue weighted by molar-refractivity contribution is 7.80. The number of hydrogen-bond acceptors (Lipinski definition) is 3. The maximum absolute atomic E-state index is 13.3. The van der Waals surface area contributed by atoms with Gasteiger partial charge in [0, 0.05) is 24.6 Å². The Kier molecular flexibility index (Phi) is 5.03. The van der Waals surface area contributed by atoms with E-state index in [9.17, 15) is 4.79 Å². The molecule has 1 aromatic carbocycles. The van der Waals surface area contributed by atoms with Gasteiger partial charge in [-0.1, -0.05) is 6.07 Å². The zero-order valence-electron chi connectivity index (χ0n) is 17.8. The minimum Gasteiger partial charge on any atom is -0.317 e. The van der Waals surface area contributed by atoms with Crippen molar-refractivity contribution in [3.05, 3.63) is 82.6 Å². The van der Waals surface area contributed by atoms with Gasteiger partial charge in [0.2, 0.25) is 0 Å². The number of anilines is 1. The van der Waals surface area contributed by atoms with Crippen LogP contribution in [0.5, 0.6) is 0 Å². The number of rotatable bonds is 3. The van der Waals surface area contributed by atoms with Crippen LogP contribution in [0.2, 0.25) is 0 Å². The third-order valence-corrected chi connectivity index (χ3v) is 6.13. The molecule has 0 atom stereocenters. The Morgan fingerprint density at radius 3 is 2.43 bits per heavy atom. The van der Waals surface area contributed by atoms with E-state index in [1.807, 2.05) is 70.4 Å². The Labute approximate surface area is 182 Å². The molecule has 3 heterocycles. The van der Waals surface area contributed by atoms with Crippen molar-refractivity contribution in [2.45, 2.75) is 27.7 Å². The number of carbonyl (C=O) groups excluding carboxylic acids is 1. The summed E-state index contributed by atoms with van der Waals surface area (Å²) in [5.41, 5.74) is 7.77. The van der Waals surface area contributed by atoms with Crippen molar-refractivity contribution in [2.75, 3.05) is 11.9 Å². The highest BCUT2D eigenvalue weighted by atomic mass is 32.1. The molecule has 152 valence electrons. The first-order chi connectivity index (χ1) is 14.3. The maximum atomic E-state index is 13.3. The van der Waals surface area contributed by atoms with Crippen molar-refractivity contribution >= 4 is 35.0 Å². The summed E-state index contributed by atoms with van der Waals surface area (Å²) in [5, 5.41) is 0.482. The number of nitrogens with zero attached hydrogens (tertiary/aromatic N) is 4. The summed E-state index contributed by atoms with van der Waals surface area (Å²) in [6.45, 7) is 8.19. The lowest BCUT2D eigenvalue weighted by Gasteiger charge is -2.17. The highest BCUT2D eigenvalue weighted by Gasteiger charge is 2.37. The van der Waals surface area contributed by atoms with Crippen molar-refractivity contribution in [1.82, 2.24) is 14.5 Å². The monoisotopic (exact) mass is 416 g/mol. The summed E-state index contributed by atoms with van der Waals surface area (Å²) >= 11 is 5.61. The van der Waals surface area contributed by atoms with Crippen molar-refractivity contribution in [3.8, 4) is 5.69 Å². The number of thiocarbonyl (C=S) groups is 1. The van der Waals surface area contributed by atoms with Crippen LogP contribution in [0, 0.1) is 27.7 Å². The van der Waals surface area contributed by atoms with Gasteiger partial charge in [-0.2, -0.15) is 0 Å². The number of hydrogen-bond donors (Lipinski definition) is 0. The Morgan fingerprint density at radius 1 is 1.00 bits per heavy atom. The van der Waals surface area contributed by atoms with Crippen LogP contribution in [0.4, 0.5) is 5.69 Å². The first-order valence-corrected chi connectivity index (χ1v) is 10.2. The molecule has 0 aliphatic carbocycles. The number of benzene rings is 1. The molecule has 0 spiro atoms. The summed E-state index contributed by atoms with van der Waals surface area (Å²) < 4.78 is 2.14. The van der Waals surface area contributed by atoms with Crippen LogP contribution in [0.25, 0.3) is 11.8 Å². The molecule has 0 saturated carbocycles. The third-order valence-electron chi connectivity index (χ3n) is 5.68. The molecule has 1 aliphatic rings. The van der Waals surface area contributed by atoms with Gasteiger partial charge in [-0.05, 0) is 93.0 Å². The molecule has 1 saturated heterocycles. The van der Waals surface area contributed by atoms with Crippen molar-refractivity contribution in [2.24, 2.45) is 0 Å². The van der Waals surface area contributed by atoms with E-state index < -0.39 is 0 Å². The van der Waals surface area contributed by atoms with Gasteiger partial charge in [-0.15, -0.1) is 0 Å². The Morgan fingerprint density at radius 2 is 1.77 bits per heavy atom. The number of amides is 1. The van der Waals surface area contributed by atoms with E-state index in [0.717, 1.165) is 33.9 Å². The standard InChI is InChI=1S/C24H24N4OS/c1-15-8-9-20(11-16(15)2)28-23(29)22(26(5)24(28)30)13-19-12-17(3)27(18(19)4)21-7-6-10-25-14-21/h6-14H,1-5H3/b22-13-. The van der Waals surface area contributed by atoms with Gasteiger partial charge in [0.15, 0.2) is 5.11 Å². The second kappa shape index (κ2) is 7.54. The van der Waals surface area contributed by atoms with Gasteiger partial charge in [0.1, 0.15) is 5.70 Å². The quantitative estimate of drug-likeness (QED) is 0.458. The fourth-order valence-electron chi connectivity index (χ4n) is 3.81. The van der Waals surface area contributed by atoms with Crippen LogP contribution in [0.15, 0.2) is 54.5 Å². The molecule has 6 heteroatoms. The molecule has 2 aromatic heterocycles. The SMILES string of the molecule is Cc1ccc(N2C(=O)/C(=C/c3cc(C)n(-c4cccnc4)c3C)N(C)C2=S)cc1C. The minimum atomic E-state index is -0.114. The van der Waals surface area contributed by atoms with Crippen LogP contribution in [-0.4, -0.2) is 32.5 Å². The van der Waals surface area contributed by atoms with Crippen molar-refractivity contribution < 1.29 is 4.79 Å². The van der Waals surface area contributed by atoms with E-state index in [-0.39, 0.29) is 5.91 Å². The number of aromatic nitrogens is 2. The van der Waals surface area contributed by atoms with E-state index >= 15 is 0 Å². The molecule has 1 amide bonds. The van der Waals surface area contributed by atoms with Gasteiger partial charge in [-0.25, -0.2) is 0 Å². The van der Waals surface area contributed by atoms with Gasteiger partial charge in [0.25, 0.3) is 5.91 Å². The Hall–Kier alpha value is -3.25. The average molecular weight is 417 g/mol. The third kappa shape index (κ3) is 3.23.